The number of hydrogen-bond acceptors (Lipinski definition) is 3. The monoisotopic (exact) mass is 269 g/mol. The summed E-state index contributed by atoms with van der Waals surface area (Å²) in [7, 11) is 0. The van der Waals surface area contributed by atoms with Gasteiger partial charge in [0.05, 0.1) is 6.42 Å². The maximum atomic E-state index is 10.5. The van der Waals surface area contributed by atoms with Crippen molar-refractivity contribution < 1.29 is 14.7 Å². The van der Waals surface area contributed by atoms with E-state index in [0.717, 1.165) is 11.1 Å². The highest BCUT2D eigenvalue weighted by molar-refractivity contribution is 6.12. The molecule has 2 aromatic rings. The SMILES string of the molecule is O=C(O)CCON=C(c1ccccc1)c1ccccc1. The lowest BCUT2D eigenvalue weighted by atomic mass is 10.0. The lowest BCUT2D eigenvalue weighted by Crippen LogP contribution is -2.06. The van der Waals surface area contributed by atoms with Crippen LogP contribution in [0, 0.1) is 0 Å². The van der Waals surface area contributed by atoms with E-state index in [1.807, 2.05) is 60.7 Å². The molecule has 2 rings (SSSR count). The first-order valence-corrected chi connectivity index (χ1v) is 6.30. The molecule has 4 heteroatoms. The van der Waals surface area contributed by atoms with E-state index in [4.69, 9.17) is 9.94 Å². The summed E-state index contributed by atoms with van der Waals surface area (Å²) in [6.45, 7) is 0.0541. The number of benzene rings is 2. The average Bonchev–Trinajstić information content (AvgIpc) is 2.49. The summed E-state index contributed by atoms with van der Waals surface area (Å²) in [6, 6.07) is 19.3. The Hall–Kier alpha value is -2.62. The van der Waals surface area contributed by atoms with Gasteiger partial charge in [0.1, 0.15) is 12.3 Å². The van der Waals surface area contributed by atoms with Crippen LogP contribution in [0.25, 0.3) is 0 Å². The molecule has 4 nitrogen and oxygen atoms in total. The van der Waals surface area contributed by atoms with E-state index in [0.29, 0.717) is 5.71 Å². The second-order valence-electron chi connectivity index (χ2n) is 4.15. The van der Waals surface area contributed by atoms with Crippen LogP contribution in [0.4, 0.5) is 0 Å². The summed E-state index contributed by atoms with van der Waals surface area (Å²) >= 11 is 0. The summed E-state index contributed by atoms with van der Waals surface area (Å²) in [4.78, 5) is 15.6. The Balaban J connectivity index is 2.21. The molecule has 0 unspecified atom stereocenters. The highest BCUT2D eigenvalue weighted by Gasteiger charge is 2.07. The fourth-order valence-electron chi connectivity index (χ4n) is 1.71. The van der Waals surface area contributed by atoms with Crippen LogP contribution in [0.2, 0.25) is 0 Å². The van der Waals surface area contributed by atoms with Gasteiger partial charge >= 0.3 is 5.97 Å². The second-order valence-corrected chi connectivity index (χ2v) is 4.15. The first-order chi connectivity index (χ1) is 9.77. The van der Waals surface area contributed by atoms with Gasteiger partial charge in [0.15, 0.2) is 0 Å². The van der Waals surface area contributed by atoms with Crippen molar-refractivity contribution in [3.63, 3.8) is 0 Å². The maximum absolute atomic E-state index is 10.5. The predicted molar refractivity (Wildman–Crippen MR) is 76.7 cm³/mol. The molecule has 0 saturated carbocycles. The van der Waals surface area contributed by atoms with E-state index >= 15 is 0 Å². The smallest absolute Gasteiger partial charge is 0.306 e. The zero-order valence-electron chi connectivity index (χ0n) is 10.9. The Bertz CT molecular complexity index is 538. The Morgan fingerprint density at radius 2 is 1.45 bits per heavy atom. The van der Waals surface area contributed by atoms with Crippen LogP contribution in [0.1, 0.15) is 17.5 Å². The number of hydrogen-bond donors (Lipinski definition) is 1. The molecule has 0 radical (unpaired) electrons. The Labute approximate surface area is 117 Å². The fourth-order valence-corrected chi connectivity index (χ4v) is 1.71. The number of oxime groups is 1. The number of carboxylic acid groups (broad SMARTS) is 1. The minimum absolute atomic E-state index is 0.0541. The predicted octanol–water partition coefficient (Wildman–Crippen LogP) is 2.93. The number of aliphatic carboxylic acids is 1. The molecule has 20 heavy (non-hydrogen) atoms. The van der Waals surface area contributed by atoms with Gasteiger partial charge in [-0.1, -0.05) is 65.8 Å². The first kappa shape index (κ1) is 13.8. The molecule has 0 aliphatic rings. The first-order valence-electron chi connectivity index (χ1n) is 6.30. The van der Waals surface area contributed by atoms with Gasteiger partial charge < -0.3 is 9.94 Å². The van der Waals surface area contributed by atoms with Crippen LogP contribution < -0.4 is 0 Å². The molecular formula is C16H15NO3. The van der Waals surface area contributed by atoms with Gasteiger partial charge in [0.25, 0.3) is 0 Å². The lowest BCUT2D eigenvalue weighted by Gasteiger charge is -2.07. The van der Waals surface area contributed by atoms with Crippen LogP contribution in [0.15, 0.2) is 65.8 Å². The average molecular weight is 269 g/mol. The van der Waals surface area contributed by atoms with Gasteiger partial charge in [-0.3, -0.25) is 4.79 Å². The van der Waals surface area contributed by atoms with Crippen molar-refractivity contribution >= 4 is 11.7 Å². The van der Waals surface area contributed by atoms with Crippen molar-refractivity contribution in [3.8, 4) is 0 Å². The molecule has 102 valence electrons. The van der Waals surface area contributed by atoms with Crippen LogP contribution in [-0.2, 0) is 9.63 Å². The van der Waals surface area contributed by atoms with Crippen molar-refractivity contribution in [1.29, 1.82) is 0 Å². The highest BCUT2D eigenvalue weighted by Crippen LogP contribution is 2.11. The number of carbonyl (C=O) groups is 1. The molecule has 0 atom stereocenters. The summed E-state index contributed by atoms with van der Waals surface area (Å²) < 4.78 is 0. The summed E-state index contributed by atoms with van der Waals surface area (Å²) in [5, 5.41) is 12.7. The van der Waals surface area contributed by atoms with Crippen LogP contribution in [0.5, 0.6) is 0 Å². The minimum Gasteiger partial charge on any atom is -0.481 e. The van der Waals surface area contributed by atoms with Gasteiger partial charge in [-0.2, -0.15) is 0 Å². The molecular weight excluding hydrogens is 254 g/mol. The van der Waals surface area contributed by atoms with Crippen LogP contribution in [-0.4, -0.2) is 23.4 Å². The van der Waals surface area contributed by atoms with E-state index in [9.17, 15) is 4.79 Å². The summed E-state index contributed by atoms with van der Waals surface area (Å²) in [5.74, 6) is -0.902. The number of carboxylic acids is 1. The van der Waals surface area contributed by atoms with Gasteiger partial charge in [-0.05, 0) is 0 Å². The van der Waals surface area contributed by atoms with E-state index in [-0.39, 0.29) is 13.0 Å². The van der Waals surface area contributed by atoms with E-state index < -0.39 is 5.97 Å². The Morgan fingerprint density at radius 3 is 1.90 bits per heavy atom. The van der Waals surface area contributed by atoms with Crippen molar-refractivity contribution in [3.05, 3.63) is 71.8 Å². The molecule has 0 aromatic heterocycles. The number of nitrogens with zero attached hydrogens (tertiary/aromatic N) is 1. The third-order valence-electron chi connectivity index (χ3n) is 2.66. The van der Waals surface area contributed by atoms with Crippen molar-refractivity contribution in [2.24, 2.45) is 5.16 Å². The third-order valence-corrected chi connectivity index (χ3v) is 2.66. The van der Waals surface area contributed by atoms with E-state index in [2.05, 4.69) is 5.16 Å². The van der Waals surface area contributed by atoms with Crippen LogP contribution >= 0.6 is 0 Å². The standard InChI is InChI=1S/C16H15NO3/c18-15(19)11-12-20-17-16(13-7-3-1-4-8-13)14-9-5-2-6-10-14/h1-10H,11-12H2,(H,18,19). The molecule has 2 aromatic carbocycles. The Kier molecular flexibility index (Phi) is 4.89. The zero-order valence-corrected chi connectivity index (χ0v) is 10.9. The molecule has 0 fully saturated rings. The van der Waals surface area contributed by atoms with Gasteiger partial charge in [-0.25, -0.2) is 0 Å². The zero-order chi connectivity index (χ0) is 14.2. The van der Waals surface area contributed by atoms with Gasteiger partial charge in [0.2, 0.25) is 0 Å². The maximum Gasteiger partial charge on any atom is 0.306 e. The van der Waals surface area contributed by atoms with Crippen molar-refractivity contribution in [1.82, 2.24) is 0 Å². The topological polar surface area (TPSA) is 58.9 Å². The highest BCUT2D eigenvalue weighted by atomic mass is 16.6. The van der Waals surface area contributed by atoms with Crippen molar-refractivity contribution in [2.75, 3.05) is 6.61 Å². The molecule has 0 bridgehead atoms. The largest absolute Gasteiger partial charge is 0.481 e. The molecule has 0 amide bonds. The summed E-state index contributed by atoms with van der Waals surface area (Å²) in [5.41, 5.74) is 2.54. The van der Waals surface area contributed by atoms with E-state index in [1.54, 1.807) is 0 Å². The molecule has 0 aliphatic heterocycles. The molecule has 0 saturated heterocycles. The fraction of sp³-hybridized carbons (Fsp3) is 0.125. The molecule has 0 aliphatic carbocycles. The normalized spacial score (nSPS) is 9.80. The van der Waals surface area contributed by atoms with E-state index in [1.165, 1.54) is 0 Å². The van der Waals surface area contributed by atoms with Crippen molar-refractivity contribution in [2.45, 2.75) is 6.42 Å². The summed E-state index contributed by atoms with van der Waals surface area (Å²) in [6.07, 6.45) is -0.0691. The van der Waals surface area contributed by atoms with Gasteiger partial charge in [0, 0.05) is 11.1 Å². The molecule has 1 N–H and O–H groups in total. The second kappa shape index (κ2) is 7.09. The minimum atomic E-state index is -0.902. The molecule has 0 spiro atoms. The van der Waals surface area contributed by atoms with Gasteiger partial charge in [-0.15, -0.1) is 0 Å². The number of rotatable bonds is 6. The Morgan fingerprint density at radius 1 is 0.950 bits per heavy atom. The lowest BCUT2D eigenvalue weighted by molar-refractivity contribution is -0.138. The van der Waals surface area contributed by atoms with Crippen LogP contribution in [0.3, 0.4) is 0 Å². The third kappa shape index (κ3) is 3.95. The molecule has 0 heterocycles. The quantitative estimate of drug-likeness (QED) is 0.498.